The van der Waals surface area contributed by atoms with Crippen LogP contribution in [0.15, 0.2) is 36.7 Å². The van der Waals surface area contributed by atoms with Crippen LogP contribution in [-0.4, -0.2) is 26.0 Å². The number of rotatable bonds is 3. The average Bonchev–Trinajstić information content (AvgIpc) is 2.48. The molecule has 3 aromatic rings. The molecule has 6 nitrogen and oxygen atoms in total. The van der Waals surface area contributed by atoms with Gasteiger partial charge in [0.2, 0.25) is 0 Å². The van der Waals surface area contributed by atoms with Crippen LogP contribution in [0.1, 0.15) is 10.5 Å². The summed E-state index contributed by atoms with van der Waals surface area (Å²) in [6, 6.07) is 6.70. The Kier molecular flexibility index (Phi) is 3.79. The molecule has 2 N–H and O–H groups in total. The number of carbonyl (C=O) groups is 1. The fourth-order valence-corrected chi connectivity index (χ4v) is 2.35. The molecular weight excluding hydrogens is 327 g/mol. The summed E-state index contributed by atoms with van der Waals surface area (Å²) in [5.74, 6) is -1.07. The van der Waals surface area contributed by atoms with Gasteiger partial charge in [-0.05, 0) is 24.3 Å². The quantitative estimate of drug-likeness (QED) is 0.708. The number of halogens is 2. The van der Waals surface area contributed by atoms with Crippen LogP contribution < -0.4 is 5.32 Å². The zero-order chi connectivity index (χ0) is 15.7. The van der Waals surface area contributed by atoms with E-state index in [1.165, 1.54) is 12.4 Å². The molecule has 0 saturated carbocycles. The Balaban J connectivity index is 2.15. The Morgan fingerprint density at radius 2 is 1.91 bits per heavy atom. The van der Waals surface area contributed by atoms with Crippen LogP contribution in [0.5, 0.6) is 0 Å². The van der Waals surface area contributed by atoms with Crippen LogP contribution in [0.3, 0.4) is 0 Å². The third-order valence-electron chi connectivity index (χ3n) is 2.89. The first kappa shape index (κ1) is 14.5. The summed E-state index contributed by atoms with van der Waals surface area (Å²) in [5.41, 5.74) is 0.978. The number of fused-ring (bicyclic) bond motifs is 1. The van der Waals surface area contributed by atoms with Gasteiger partial charge in [0.05, 0.1) is 11.2 Å². The van der Waals surface area contributed by atoms with Gasteiger partial charge in [0, 0.05) is 22.8 Å². The second-order valence-electron chi connectivity index (χ2n) is 4.34. The number of carboxylic acid groups (broad SMARTS) is 1. The summed E-state index contributed by atoms with van der Waals surface area (Å²) in [6.45, 7) is 0. The fraction of sp³-hybridized carbons (Fsp3) is 0. The van der Waals surface area contributed by atoms with Gasteiger partial charge in [-0.25, -0.2) is 19.7 Å². The fourth-order valence-electron chi connectivity index (χ4n) is 1.98. The van der Waals surface area contributed by atoms with E-state index in [0.29, 0.717) is 21.6 Å². The predicted octanol–water partition coefficient (Wildman–Crippen LogP) is 3.77. The van der Waals surface area contributed by atoms with Gasteiger partial charge in [-0.1, -0.05) is 23.2 Å². The number of aromatic nitrogens is 3. The molecule has 0 unspecified atom stereocenters. The van der Waals surface area contributed by atoms with Crippen molar-refractivity contribution in [2.45, 2.75) is 0 Å². The zero-order valence-electron chi connectivity index (χ0n) is 10.9. The van der Waals surface area contributed by atoms with Crippen molar-refractivity contribution >= 4 is 51.6 Å². The summed E-state index contributed by atoms with van der Waals surface area (Å²) in [7, 11) is 0. The van der Waals surface area contributed by atoms with E-state index in [1.807, 2.05) is 0 Å². The number of nitrogens with zero attached hydrogens (tertiary/aromatic N) is 3. The first-order valence-corrected chi connectivity index (χ1v) is 6.87. The molecule has 110 valence electrons. The second-order valence-corrected chi connectivity index (χ2v) is 5.16. The van der Waals surface area contributed by atoms with E-state index in [-0.39, 0.29) is 16.7 Å². The van der Waals surface area contributed by atoms with Gasteiger partial charge in [-0.3, -0.25) is 0 Å². The van der Waals surface area contributed by atoms with E-state index in [2.05, 4.69) is 20.3 Å². The van der Waals surface area contributed by atoms with Gasteiger partial charge in [-0.2, -0.15) is 0 Å². The minimum Gasteiger partial charge on any atom is -0.476 e. The van der Waals surface area contributed by atoms with Crippen LogP contribution >= 0.6 is 23.2 Å². The summed E-state index contributed by atoms with van der Waals surface area (Å²) in [4.78, 5) is 23.2. The molecule has 8 heteroatoms. The van der Waals surface area contributed by atoms with Crippen molar-refractivity contribution in [3.63, 3.8) is 0 Å². The number of hydrogen-bond acceptors (Lipinski definition) is 5. The number of hydrogen-bond donors (Lipinski definition) is 2. The molecule has 2 aromatic heterocycles. The molecule has 0 aliphatic rings. The first-order valence-electron chi connectivity index (χ1n) is 6.12. The summed E-state index contributed by atoms with van der Waals surface area (Å²) in [6.07, 6.45) is 2.70. The number of carboxylic acids is 1. The van der Waals surface area contributed by atoms with Gasteiger partial charge in [0.1, 0.15) is 5.15 Å². The highest BCUT2D eigenvalue weighted by molar-refractivity contribution is 6.32. The van der Waals surface area contributed by atoms with Crippen LogP contribution in [0.4, 0.5) is 11.5 Å². The maximum absolute atomic E-state index is 11.2. The Hall–Kier alpha value is -2.44. The zero-order valence-corrected chi connectivity index (χ0v) is 12.4. The van der Waals surface area contributed by atoms with Crippen molar-refractivity contribution in [2.24, 2.45) is 0 Å². The molecule has 0 saturated heterocycles. The molecule has 0 aliphatic heterocycles. The van der Waals surface area contributed by atoms with E-state index in [0.717, 1.165) is 0 Å². The molecule has 0 aliphatic carbocycles. The molecular formula is C14H8Cl2N4O2. The number of pyridine rings is 1. The van der Waals surface area contributed by atoms with Crippen molar-refractivity contribution in [1.29, 1.82) is 0 Å². The molecule has 22 heavy (non-hydrogen) atoms. The number of anilines is 2. The molecule has 3 rings (SSSR count). The largest absolute Gasteiger partial charge is 0.476 e. The molecule has 0 radical (unpaired) electrons. The third-order valence-corrected chi connectivity index (χ3v) is 3.32. The summed E-state index contributed by atoms with van der Waals surface area (Å²) >= 11 is 12.0. The van der Waals surface area contributed by atoms with Crippen molar-refractivity contribution in [1.82, 2.24) is 15.0 Å². The lowest BCUT2D eigenvalue weighted by molar-refractivity contribution is 0.0691. The molecule has 0 atom stereocenters. The number of nitrogens with one attached hydrogen (secondary N) is 1. The highest BCUT2D eigenvalue weighted by Crippen LogP contribution is 2.30. The van der Waals surface area contributed by atoms with Crippen molar-refractivity contribution in [2.75, 3.05) is 5.32 Å². The lowest BCUT2D eigenvalue weighted by atomic mass is 10.2. The topological polar surface area (TPSA) is 88.0 Å². The van der Waals surface area contributed by atoms with Gasteiger partial charge < -0.3 is 10.4 Å². The minimum absolute atomic E-state index is 0.110. The van der Waals surface area contributed by atoms with Gasteiger partial charge in [0.15, 0.2) is 11.5 Å². The monoisotopic (exact) mass is 334 g/mol. The maximum Gasteiger partial charge on any atom is 0.358 e. The van der Waals surface area contributed by atoms with Crippen LogP contribution in [0.2, 0.25) is 10.2 Å². The van der Waals surface area contributed by atoms with Crippen LogP contribution in [-0.2, 0) is 0 Å². The predicted molar refractivity (Wildman–Crippen MR) is 84.0 cm³/mol. The van der Waals surface area contributed by atoms with Gasteiger partial charge >= 0.3 is 5.97 Å². The number of aromatic carboxylic acids is 1. The van der Waals surface area contributed by atoms with E-state index < -0.39 is 5.97 Å². The van der Waals surface area contributed by atoms with Gasteiger partial charge in [0.25, 0.3) is 0 Å². The summed E-state index contributed by atoms with van der Waals surface area (Å²) < 4.78 is 0. The van der Waals surface area contributed by atoms with E-state index in [1.54, 1.807) is 24.3 Å². The smallest absolute Gasteiger partial charge is 0.358 e. The molecule has 0 fully saturated rings. The van der Waals surface area contributed by atoms with Gasteiger partial charge in [-0.15, -0.1) is 0 Å². The van der Waals surface area contributed by atoms with Crippen molar-refractivity contribution in [3.05, 3.63) is 52.5 Å². The normalized spacial score (nSPS) is 10.6. The lowest BCUT2D eigenvalue weighted by Gasteiger charge is -2.11. The standard InChI is InChI=1S/C14H8Cl2N4O2/c15-7-1-2-9-8(5-7)10(6-11(16)19-9)20-13-12(14(21)22)17-3-4-18-13/h1-6H,(H,21,22)(H,18,19,20). The molecule has 2 heterocycles. The van der Waals surface area contributed by atoms with E-state index in [4.69, 9.17) is 28.3 Å². The van der Waals surface area contributed by atoms with Crippen LogP contribution in [0, 0.1) is 0 Å². The maximum atomic E-state index is 11.2. The highest BCUT2D eigenvalue weighted by atomic mass is 35.5. The van der Waals surface area contributed by atoms with Crippen LogP contribution in [0.25, 0.3) is 10.9 Å². The average molecular weight is 335 g/mol. The lowest BCUT2D eigenvalue weighted by Crippen LogP contribution is -2.07. The molecule has 1 aromatic carbocycles. The Bertz CT molecular complexity index is 886. The Morgan fingerprint density at radius 1 is 1.14 bits per heavy atom. The van der Waals surface area contributed by atoms with E-state index >= 15 is 0 Å². The highest BCUT2D eigenvalue weighted by Gasteiger charge is 2.14. The summed E-state index contributed by atoms with van der Waals surface area (Å²) in [5, 5.41) is 13.6. The minimum atomic E-state index is -1.18. The number of benzene rings is 1. The first-order chi connectivity index (χ1) is 10.5. The van der Waals surface area contributed by atoms with E-state index in [9.17, 15) is 4.79 Å². The molecule has 0 spiro atoms. The Morgan fingerprint density at radius 3 is 2.68 bits per heavy atom. The van der Waals surface area contributed by atoms with Crippen molar-refractivity contribution in [3.8, 4) is 0 Å². The third kappa shape index (κ3) is 2.79. The Labute approximate surface area is 134 Å². The SMILES string of the molecule is O=C(O)c1nccnc1Nc1cc(Cl)nc2ccc(Cl)cc12. The second kappa shape index (κ2) is 5.75. The molecule has 0 amide bonds. The molecule has 0 bridgehead atoms. The van der Waals surface area contributed by atoms with Crippen molar-refractivity contribution < 1.29 is 9.90 Å².